The maximum absolute atomic E-state index is 13.1. The third-order valence-corrected chi connectivity index (χ3v) is 5.29. The van der Waals surface area contributed by atoms with Crippen molar-refractivity contribution in [2.75, 3.05) is 4.90 Å². The van der Waals surface area contributed by atoms with Crippen molar-refractivity contribution in [2.24, 2.45) is 0 Å². The van der Waals surface area contributed by atoms with Crippen LogP contribution in [0.4, 0.5) is 10.8 Å². The molecule has 0 aliphatic rings. The van der Waals surface area contributed by atoms with Gasteiger partial charge in [0.15, 0.2) is 5.13 Å². The van der Waals surface area contributed by atoms with Gasteiger partial charge in [0.1, 0.15) is 0 Å². The van der Waals surface area contributed by atoms with Gasteiger partial charge in [-0.15, -0.1) is 11.3 Å². The molecule has 0 unspecified atom stereocenters. The third kappa shape index (κ3) is 4.02. The summed E-state index contributed by atoms with van der Waals surface area (Å²) >= 11 is 1.48. The predicted molar refractivity (Wildman–Crippen MR) is 112 cm³/mol. The molecular weight excluding hydrogens is 368 g/mol. The summed E-state index contributed by atoms with van der Waals surface area (Å²) in [6.45, 7) is 1.94. The van der Waals surface area contributed by atoms with Crippen LogP contribution in [0.1, 0.15) is 17.7 Å². The van der Waals surface area contributed by atoms with Crippen LogP contribution in [-0.4, -0.2) is 20.7 Å². The summed E-state index contributed by atoms with van der Waals surface area (Å²) in [5, 5.41) is 7.07. The largest absolute Gasteiger partial charge is 0.274 e. The highest BCUT2D eigenvalue weighted by molar-refractivity contribution is 7.14. The number of aryl methyl sites for hydroxylation is 2. The molecule has 4 aromatic rings. The second kappa shape index (κ2) is 8.19. The zero-order valence-corrected chi connectivity index (χ0v) is 16.3. The SMILES string of the molecule is Cc1csc(N(C(=O)CCc2cnn(-c3ccccc3)c2)c2ccccc2)n1. The number of amides is 1. The fourth-order valence-corrected chi connectivity index (χ4v) is 3.79. The van der Waals surface area contributed by atoms with Crippen molar-refractivity contribution >= 4 is 28.1 Å². The number of aromatic nitrogens is 3. The molecule has 0 radical (unpaired) electrons. The smallest absolute Gasteiger partial charge is 0.233 e. The van der Waals surface area contributed by atoms with Gasteiger partial charge in [0, 0.05) is 18.0 Å². The number of rotatable bonds is 6. The van der Waals surface area contributed by atoms with Gasteiger partial charge in [-0.3, -0.25) is 9.69 Å². The summed E-state index contributed by atoms with van der Waals surface area (Å²) in [6, 6.07) is 19.6. The molecular formula is C22H20N4OS. The van der Waals surface area contributed by atoms with Gasteiger partial charge in [0.2, 0.25) is 5.91 Å². The molecule has 140 valence electrons. The molecule has 0 saturated heterocycles. The first kappa shape index (κ1) is 18.1. The molecule has 0 N–H and O–H groups in total. The number of benzene rings is 2. The van der Waals surface area contributed by atoms with E-state index in [0.29, 0.717) is 18.0 Å². The van der Waals surface area contributed by atoms with Crippen molar-refractivity contribution in [3.8, 4) is 5.69 Å². The topological polar surface area (TPSA) is 51.0 Å². The Morgan fingerprint density at radius 2 is 1.79 bits per heavy atom. The molecule has 2 aromatic heterocycles. The number of nitrogens with zero attached hydrogens (tertiary/aromatic N) is 4. The molecule has 0 bridgehead atoms. The van der Waals surface area contributed by atoms with E-state index in [-0.39, 0.29) is 5.91 Å². The van der Waals surface area contributed by atoms with Gasteiger partial charge in [-0.2, -0.15) is 5.10 Å². The average Bonchev–Trinajstić information content (AvgIpc) is 3.37. The second-order valence-corrected chi connectivity index (χ2v) is 7.30. The molecule has 1 amide bonds. The third-order valence-electron chi connectivity index (χ3n) is 4.35. The summed E-state index contributed by atoms with van der Waals surface area (Å²) in [6.07, 6.45) is 4.80. The Bertz CT molecular complexity index is 1060. The molecule has 0 aliphatic carbocycles. The Morgan fingerprint density at radius 1 is 1.07 bits per heavy atom. The number of carbonyl (C=O) groups is 1. The Balaban J connectivity index is 1.50. The Morgan fingerprint density at radius 3 is 2.46 bits per heavy atom. The molecule has 0 aliphatic heterocycles. The van der Waals surface area contributed by atoms with Crippen LogP contribution in [0.15, 0.2) is 78.4 Å². The van der Waals surface area contributed by atoms with Crippen molar-refractivity contribution in [1.29, 1.82) is 0 Å². The lowest BCUT2D eigenvalue weighted by atomic mass is 10.2. The van der Waals surface area contributed by atoms with E-state index in [0.717, 1.165) is 22.6 Å². The summed E-state index contributed by atoms with van der Waals surface area (Å²) in [5.74, 6) is 0.0213. The zero-order chi connectivity index (χ0) is 19.3. The van der Waals surface area contributed by atoms with Crippen LogP contribution in [-0.2, 0) is 11.2 Å². The Labute approximate surface area is 167 Å². The van der Waals surface area contributed by atoms with Gasteiger partial charge in [-0.25, -0.2) is 9.67 Å². The number of thiazole rings is 1. The van der Waals surface area contributed by atoms with Gasteiger partial charge in [-0.1, -0.05) is 36.4 Å². The Kier molecular flexibility index (Phi) is 5.30. The van der Waals surface area contributed by atoms with Gasteiger partial charge in [0.05, 0.1) is 23.3 Å². The molecule has 28 heavy (non-hydrogen) atoms. The summed E-state index contributed by atoms with van der Waals surface area (Å²) in [5.41, 5.74) is 3.78. The van der Waals surface area contributed by atoms with Gasteiger partial charge in [-0.05, 0) is 43.2 Å². The molecule has 0 saturated carbocycles. The lowest BCUT2D eigenvalue weighted by molar-refractivity contribution is -0.117. The lowest BCUT2D eigenvalue weighted by Crippen LogP contribution is -2.26. The van der Waals surface area contributed by atoms with Crippen LogP contribution in [0.3, 0.4) is 0 Å². The van der Waals surface area contributed by atoms with Crippen LogP contribution in [0, 0.1) is 6.92 Å². The first-order chi connectivity index (χ1) is 13.7. The van der Waals surface area contributed by atoms with E-state index in [1.54, 1.807) is 4.90 Å². The minimum absolute atomic E-state index is 0.0213. The number of para-hydroxylation sites is 2. The first-order valence-corrected chi connectivity index (χ1v) is 9.98. The van der Waals surface area contributed by atoms with Crippen LogP contribution in [0.25, 0.3) is 5.69 Å². The minimum atomic E-state index is 0.0213. The van der Waals surface area contributed by atoms with Crippen molar-refractivity contribution in [3.05, 3.63) is 89.7 Å². The zero-order valence-electron chi connectivity index (χ0n) is 15.5. The standard InChI is InChI=1S/C22H20N4OS/c1-17-16-28-22(24-17)26(20-10-6-3-7-11-20)21(27)13-12-18-14-23-25(15-18)19-8-4-2-5-9-19/h2-11,14-16H,12-13H2,1H3. The fraction of sp³-hybridized carbons (Fsp3) is 0.136. The highest BCUT2D eigenvalue weighted by Gasteiger charge is 2.20. The predicted octanol–water partition coefficient (Wildman–Crippen LogP) is 4.93. The molecule has 0 spiro atoms. The normalized spacial score (nSPS) is 10.8. The fourth-order valence-electron chi connectivity index (χ4n) is 2.96. The van der Waals surface area contributed by atoms with Gasteiger partial charge >= 0.3 is 0 Å². The number of anilines is 2. The van der Waals surface area contributed by atoms with Crippen molar-refractivity contribution in [3.63, 3.8) is 0 Å². The maximum atomic E-state index is 13.1. The van der Waals surface area contributed by atoms with E-state index in [1.165, 1.54) is 11.3 Å². The van der Waals surface area contributed by atoms with Crippen LogP contribution < -0.4 is 4.90 Å². The molecule has 0 fully saturated rings. The maximum Gasteiger partial charge on any atom is 0.233 e. The summed E-state index contributed by atoms with van der Waals surface area (Å²) in [7, 11) is 0. The van der Waals surface area contributed by atoms with Crippen LogP contribution >= 0.6 is 11.3 Å². The van der Waals surface area contributed by atoms with Crippen molar-refractivity contribution < 1.29 is 4.79 Å². The average molecular weight is 388 g/mol. The van der Waals surface area contributed by atoms with E-state index in [2.05, 4.69) is 10.1 Å². The van der Waals surface area contributed by atoms with Crippen LogP contribution in [0.2, 0.25) is 0 Å². The van der Waals surface area contributed by atoms with Crippen molar-refractivity contribution in [1.82, 2.24) is 14.8 Å². The molecule has 6 heteroatoms. The van der Waals surface area contributed by atoms with E-state index in [4.69, 9.17) is 0 Å². The lowest BCUT2D eigenvalue weighted by Gasteiger charge is -2.20. The molecule has 5 nitrogen and oxygen atoms in total. The minimum Gasteiger partial charge on any atom is -0.274 e. The molecule has 2 aromatic carbocycles. The van der Waals surface area contributed by atoms with E-state index >= 15 is 0 Å². The number of hydrogen-bond acceptors (Lipinski definition) is 4. The molecule has 4 rings (SSSR count). The van der Waals surface area contributed by atoms with E-state index in [9.17, 15) is 4.79 Å². The summed E-state index contributed by atoms with van der Waals surface area (Å²) in [4.78, 5) is 19.3. The number of carbonyl (C=O) groups excluding carboxylic acids is 1. The quantitative estimate of drug-likeness (QED) is 0.470. The highest BCUT2D eigenvalue weighted by Crippen LogP contribution is 2.29. The molecule has 2 heterocycles. The highest BCUT2D eigenvalue weighted by atomic mass is 32.1. The van der Waals surface area contributed by atoms with E-state index in [1.807, 2.05) is 90.0 Å². The van der Waals surface area contributed by atoms with Crippen LogP contribution in [0.5, 0.6) is 0 Å². The van der Waals surface area contributed by atoms with E-state index < -0.39 is 0 Å². The Hall–Kier alpha value is -3.25. The van der Waals surface area contributed by atoms with Gasteiger partial charge in [0.25, 0.3) is 0 Å². The number of hydrogen-bond donors (Lipinski definition) is 0. The monoisotopic (exact) mass is 388 g/mol. The van der Waals surface area contributed by atoms with Crippen molar-refractivity contribution in [2.45, 2.75) is 19.8 Å². The molecule has 0 atom stereocenters. The first-order valence-electron chi connectivity index (χ1n) is 9.10. The summed E-state index contributed by atoms with van der Waals surface area (Å²) < 4.78 is 1.83. The second-order valence-electron chi connectivity index (χ2n) is 6.46. The van der Waals surface area contributed by atoms with Gasteiger partial charge < -0.3 is 0 Å².